The van der Waals surface area contributed by atoms with Gasteiger partial charge in [-0.2, -0.15) is 0 Å². The fourth-order valence-corrected chi connectivity index (χ4v) is 2.24. The third kappa shape index (κ3) is 3.52. The summed E-state index contributed by atoms with van der Waals surface area (Å²) in [6.07, 6.45) is 0. The average molecular weight is 382 g/mol. The van der Waals surface area contributed by atoms with Crippen LogP contribution in [0.4, 0.5) is 0 Å². The van der Waals surface area contributed by atoms with Crippen LogP contribution in [0.5, 0.6) is 0 Å². The van der Waals surface area contributed by atoms with Gasteiger partial charge in [-0.15, -0.1) is 0 Å². The predicted molar refractivity (Wildman–Crippen MR) is 70.8 cm³/mol. The molecule has 0 saturated carbocycles. The summed E-state index contributed by atoms with van der Waals surface area (Å²) in [6.45, 7) is 0. The summed E-state index contributed by atoms with van der Waals surface area (Å²) in [7, 11) is 2.67. The van der Waals surface area contributed by atoms with Crippen molar-refractivity contribution < 1.29 is 19.3 Å². The average Bonchev–Trinajstić information content (AvgIpc) is 2.32. The van der Waals surface area contributed by atoms with Gasteiger partial charge < -0.3 is 0 Å². The van der Waals surface area contributed by atoms with E-state index in [1.807, 2.05) is 0 Å². The Bertz CT molecular complexity index is 435. The van der Waals surface area contributed by atoms with E-state index >= 15 is 0 Å². The first-order chi connectivity index (χ1) is 8.51. The minimum Gasteiger partial charge on any atom is -0.277 e. The molecular weight excluding hydrogens is 372 g/mol. The maximum absolute atomic E-state index is 11.6. The van der Waals surface area contributed by atoms with Gasteiger partial charge in [0, 0.05) is 8.95 Å². The van der Waals surface area contributed by atoms with Gasteiger partial charge in [0.05, 0.1) is 25.3 Å². The molecule has 1 aromatic rings. The zero-order valence-electron chi connectivity index (χ0n) is 9.54. The van der Waals surface area contributed by atoms with Crippen molar-refractivity contribution >= 4 is 43.7 Å². The molecule has 0 fully saturated rings. The van der Waals surface area contributed by atoms with Gasteiger partial charge in [0.2, 0.25) is 0 Å². The fraction of sp³-hybridized carbons (Fsp3) is 0.200. The van der Waals surface area contributed by atoms with Crippen molar-refractivity contribution in [2.45, 2.75) is 0 Å². The van der Waals surface area contributed by atoms with Crippen molar-refractivity contribution in [2.24, 2.45) is 0 Å². The van der Waals surface area contributed by atoms with E-state index < -0.39 is 11.8 Å². The molecule has 0 aliphatic rings. The Morgan fingerprint density at radius 3 is 1.56 bits per heavy atom. The van der Waals surface area contributed by atoms with Gasteiger partial charge in [-0.25, -0.2) is 11.0 Å². The van der Waals surface area contributed by atoms with Crippen molar-refractivity contribution in [3.05, 3.63) is 32.2 Å². The van der Waals surface area contributed by atoms with E-state index in [1.54, 1.807) is 0 Å². The smallest absolute Gasteiger partial charge is 0.276 e. The Labute approximate surface area is 120 Å². The lowest BCUT2D eigenvalue weighted by Gasteiger charge is -2.09. The molecule has 0 aliphatic heterocycles. The molecule has 1 rings (SSSR count). The van der Waals surface area contributed by atoms with E-state index in [0.29, 0.717) is 20.1 Å². The van der Waals surface area contributed by atoms with Gasteiger partial charge in [-0.3, -0.25) is 19.3 Å². The Morgan fingerprint density at radius 2 is 1.28 bits per heavy atom. The van der Waals surface area contributed by atoms with Crippen LogP contribution in [-0.2, 0) is 9.68 Å². The summed E-state index contributed by atoms with van der Waals surface area (Å²) in [5.74, 6) is -0.854. The molecular formula is C10H10Br2N2O4. The highest BCUT2D eigenvalue weighted by Gasteiger charge is 2.17. The number of benzene rings is 1. The molecule has 6 nitrogen and oxygen atoms in total. The second-order valence-electron chi connectivity index (χ2n) is 3.08. The molecule has 0 bridgehead atoms. The van der Waals surface area contributed by atoms with E-state index in [0.717, 1.165) is 0 Å². The molecule has 0 radical (unpaired) electrons. The minimum atomic E-state index is -0.427. The number of carbonyl (C=O) groups is 2. The maximum atomic E-state index is 11.6. The first-order valence-electron chi connectivity index (χ1n) is 4.67. The van der Waals surface area contributed by atoms with Gasteiger partial charge in [0.1, 0.15) is 0 Å². The second kappa shape index (κ2) is 6.83. The molecule has 0 spiro atoms. The molecule has 0 unspecified atom stereocenters. The van der Waals surface area contributed by atoms with Crippen LogP contribution < -0.4 is 11.0 Å². The molecule has 98 valence electrons. The van der Waals surface area contributed by atoms with Gasteiger partial charge >= 0.3 is 0 Å². The summed E-state index contributed by atoms with van der Waals surface area (Å²) in [4.78, 5) is 32.3. The zero-order chi connectivity index (χ0) is 13.7. The number of rotatable bonds is 4. The number of hydrogen-bond donors (Lipinski definition) is 2. The number of halogens is 2. The predicted octanol–water partition coefficient (Wildman–Crippen LogP) is 1.79. The standard InChI is InChI=1S/C10H10Br2N2O4/c1-17-13-9(15)5-3-8(12)6(4-7(5)11)10(16)14-18-2/h3-4H,1-2H3,(H,13,15)(H,14,16). The molecule has 0 atom stereocenters. The van der Waals surface area contributed by atoms with Crippen LogP contribution in [0.3, 0.4) is 0 Å². The van der Waals surface area contributed by atoms with E-state index in [1.165, 1.54) is 26.4 Å². The summed E-state index contributed by atoms with van der Waals surface area (Å²) in [6, 6.07) is 3.01. The second-order valence-corrected chi connectivity index (χ2v) is 4.79. The van der Waals surface area contributed by atoms with Crippen LogP contribution in [0.15, 0.2) is 21.1 Å². The third-order valence-electron chi connectivity index (χ3n) is 1.94. The number of hydrogen-bond acceptors (Lipinski definition) is 4. The lowest BCUT2D eigenvalue weighted by molar-refractivity contribution is 0.0528. The highest BCUT2D eigenvalue weighted by molar-refractivity contribution is 9.11. The van der Waals surface area contributed by atoms with E-state index in [4.69, 9.17) is 0 Å². The van der Waals surface area contributed by atoms with Crippen LogP contribution in [-0.4, -0.2) is 26.0 Å². The summed E-state index contributed by atoms with van der Waals surface area (Å²) in [5, 5.41) is 0. The quantitative estimate of drug-likeness (QED) is 0.779. The summed E-state index contributed by atoms with van der Waals surface area (Å²) in [5.41, 5.74) is 5.04. The van der Waals surface area contributed by atoms with Crippen LogP contribution >= 0.6 is 31.9 Å². The van der Waals surface area contributed by atoms with E-state index in [9.17, 15) is 9.59 Å². The van der Waals surface area contributed by atoms with Gasteiger partial charge in [0.15, 0.2) is 0 Å². The van der Waals surface area contributed by atoms with Crippen molar-refractivity contribution in [2.75, 3.05) is 14.2 Å². The zero-order valence-corrected chi connectivity index (χ0v) is 12.7. The molecule has 18 heavy (non-hydrogen) atoms. The molecule has 0 saturated heterocycles. The summed E-state index contributed by atoms with van der Waals surface area (Å²) < 4.78 is 0.919. The molecule has 0 heterocycles. The lowest BCUT2D eigenvalue weighted by atomic mass is 10.1. The van der Waals surface area contributed by atoms with Crippen molar-refractivity contribution in [3.63, 3.8) is 0 Å². The number of carbonyl (C=O) groups excluding carboxylic acids is 2. The van der Waals surface area contributed by atoms with E-state index in [-0.39, 0.29) is 0 Å². The van der Waals surface area contributed by atoms with E-state index in [2.05, 4.69) is 52.5 Å². The normalized spacial score (nSPS) is 10.0. The molecule has 0 aromatic heterocycles. The highest BCUT2D eigenvalue weighted by atomic mass is 79.9. The van der Waals surface area contributed by atoms with Crippen molar-refractivity contribution in [3.8, 4) is 0 Å². The topological polar surface area (TPSA) is 76.7 Å². The maximum Gasteiger partial charge on any atom is 0.276 e. The first kappa shape index (κ1) is 15.1. The Morgan fingerprint density at radius 1 is 0.944 bits per heavy atom. The van der Waals surface area contributed by atoms with Crippen LogP contribution in [0, 0.1) is 0 Å². The highest BCUT2D eigenvalue weighted by Crippen LogP contribution is 2.26. The molecule has 2 amide bonds. The lowest BCUT2D eigenvalue weighted by Crippen LogP contribution is -2.24. The number of amides is 2. The molecule has 1 aromatic carbocycles. The molecule has 8 heteroatoms. The monoisotopic (exact) mass is 380 g/mol. The van der Waals surface area contributed by atoms with Crippen molar-refractivity contribution in [1.29, 1.82) is 0 Å². The van der Waals surface area contributed by atoms with Crippen LogP contribution in [0.2, 0.25) is 0 Å². The fourth-order valence-electron chi connectivity index (χ4n) is 1.19. The van der Waals surface area contributed by atoms with Gasteiger partial charge in [-0.05, 0) is 44.0 Å². The Kier molecular flexibility index (Phi) is 5.73. The summed E-state index contributed by atoms with van der Waals surface area (Å²) >= 11 is 6.43. The molecule has 0 aliphatic carbocycles. The van der Waals surface area contributed by atoms with Gasteiger partial charge in [0.25, 0.3) is 11.8 Å². The largest absolute Gasteiger partial charge is 0.277 e. The minimum absolute atomic E-state index is 0.331. The van der Waals surface area contributed by atoms with Gasteiger partial charge in [-0.1, -0.05) is 0 Å². The Hall–Kier alpha value is -0.960. The van der Waals surface area contributed by atoms with Crippen LogP contribution in [0.1, 0.15) is 20.7 Å². The number of nitrogens with one attached hydrogen (secondary N) is 2. The SMILES string of the molecule is CONC(=O)c1cc(Br)c(C(=O)NOC)cc1Br. The first-order valence-corrected chi connectivity index (χ1v) is 6.25. The third-order valence-corrected chi connectivity index (χ3v) is 3.25. The Balaban J connectivity index is 3.11. The van der Waals surface area contributed by atoms with Crippen molar-refractivity contribution in [1.82, 2.24) is 11.0 Å². The number of hydroxylamine groups is 2. The van der Waals surface area contributed by atoms with Crippen LogP contribution in [0.25, 0.3) is 0 Å². The molecule has 2 N–H and O–H groups in total.